The molecule has 4 nitrogen and oxygen atoms in total. The van der Waals surface area contributed by atoms with Gasteiger partial charge >= 0.3 is 29.6 Å². The Hall–Kier alpha value is 0.870. The number of hydrogen-bond acceptors (Lipinski definition) is 4. The van der Waals surface area contributed by atoms with Crippen molar-refractivity contribution in [1.82, 2.24) is 0 Å². The molecule has 0 saturated heterocycles. The van der Waals surface area contributed by atoms with Crippen LogP contribution in [-0.2, 0) is 14.6 Å². The van der Waals surface area contributed by atoms with Gasteiger partial charge in [0.05, 0.1) is 6.61 Å². The van der Waals surface area contributed by atoms with Crippen LogP contribution in [0.1, 0.15) is 58.3 Å². The molecule has 0 atom stereocenters. The van der Waals surface area contributed by atoms with Crippen LogP contribution in [0.5, 0.6) is 0 Å². The fourth-order valence-electron chi connectivity index (χ4n) is 1.40. The minimum absolute atomic E-state index is 0. The molecule has 0 spiro atoms. The summed E-state index contributed by atoms with van der Waals surface area (Å²) in [4.78, 5) is 0. The number of unbranched alkanes of at least 4 members (excludes halogenated alkanes) is 7. The van der Waals surface area contributed by atoms with Crippen LogP contribution < -0.4 is 29.6 Å². The minimum atomic E-state index is -4.48. The third-order valence-corrected chi connectivity index (χ3v) is 2.68. The Morgan fingerprint density at radius 3 is 1.81 bits per heavy atom. The van der Waals surface area contributed by atoms with Gasteiger partial charge < -0.3 is 4.55 Å². The third-order valence-electron chi connectivity index (χ3n) is 2.23. The smallest absolute Gasteiger partial charge is 0.726 e. The molecule has 0 aliphatic carbocycles. The van der Waals surface area contributed by atoms with Crippen molar-refractivity contribution in [2.24, 2.45) is 0 Å². The molecule has 0 aromatic heterocycles. The third kappa shape index (κ3) is 17.3. The van der Waals surface area contributed by atoms with Crippen molar-refractivity contribution in [2.45, 2.75) is 58.3 Å². The summed E-state index contributed by atoms with van der Waals surface area (Å²) in [6, 6.07) is 0. The first-order chi connectivity index (χ1) is 7.06. The van der Waals surface area contributed by atoms with E-state index in [1.54, 1.807) is 0 Å². The van der Waals surface area contributed by atoms with Gasteiger partial charge in [-0.05, 0) is 6.42 Å². The van der Waals surface area contributed by atoms with Crippen molar-refractivity contribution in [3.63, 3.8) is 0 Å². The van der Waals surface area contributed by atoms with Gasteiger partial charge in [0.1, 0.15) is 0 Å². The molecule has 0 aliphatic rings. The summed E-state index contributed by atoms with van der Waals surface area (Å²) in [6.45, 7) is 2.21. The second-order valence-electron chi connectivity index (χ2n) is 3.71. The van der Waals surface area contributed by atoms with Gasteiger partial charge in [-0.3, -0.25) is 4.18 Å². The van der Waals surface area contributed by atoms with Gasteiger partial charge in [-0.15, -0.1) is 0 Å². The summed E-state index contributed by atoms with van der Waals surface area (Å²) in [5, 5.41) is 0. The average Bonchev–Trinajstić information content (AvgIpc) is 2.14. The molecule has 0 unspecified atom stereocenters. The number of hydrogen-bond donors (Lipinski definition) is 0. The fourth-order valence-corrected chi connectivity index (χ4v) is 1.72. The van der Waals surface area contributed by atoms with Crippen LogP contribution in [0.15, 0.2) is 0 Å². The van der Waals surface area contributed by atoms with E-state index in [2.05, 4.69) is 11.1 Å². The van der Waals surface area contributed by atoms with Crippen molar-refractivity contribution >= 4 is 10.4 Å². The maximum Gasteiger partial charge on any atom is 1.00 e. The molecule has 0 rings (SSSR count). The number of rotatable bonds is 10. The van der Waals surface area contributed by atoms with E-state index in [9.17, 15) is 13.0 Å². The fraction of sp³-hybridized carbons (Fsp3) is 1.00. The van der Waals surface area contributed by atoms with E-state index in [1.165, 1.54) is 32.1 Å². The zero-order valence-electron chi connectivity index (χ0n) is 10.4. The van der Waals surface area contributed by atoms with Crippen LogP contribution in [-0.4, -0.2) is 19.6 Å². The molecule has 0 N–H and O–H groups in total. The quantitative estimate of drug-likeness (QED) is 0.232. The Bertz CT molecular complexity index is 229. The zero-order chi connectivity index (χ0) is 11.6. The Morgan fingerprint density at radius 1 is 0.938 bits per heavy atom. The molecule has 0 aliphatic heterocycles. The maximum absolute atomic E-state index is 10.1. The second-order valence-corrected chi connectivity index (χ2v) is 4.76. The van der Waals surface area contributed by atoms with Crippen LogP contribution in [0, 0.1) is 0 Å². The van der Waals surface area contributed by atoms with Crippen LogP contribution >= 0.6 is 0 Å². The van der Waals surface area contributed by atoms with E-state index in [0.717, 1.165) is 12.8 Å². The standard InChI is InChI=1S/C10H22O4S.Na/c1-2-3-4-5-6-7-8-9-10-14-15(11,12)13;/h2-10H2,1H3,(H,11,12,13);/q;+1/p-1. The Morgan fingerprint density at radius 2 is 1.38 bits per heavy atom. The SMILES string of the molecule is CCCCCCCCCCOS(=O)(=O)[O-].[Na+]. The summed E-state index contributed by atoms with van der Waals surface area (Å²) in [5.74, 6) is 0. The summed E-state index contributed by atoms with van der Waals surface area (Å²) in [6.07, 6.45) is 8.91. The van der Waals surface area contributed by atoms with Gasteiger partial charge in [-0.25, -0.2) is 8.42 Å². The van der Waals surface area contributed by atoms with E-state index < -0.39 is 10.4 Å². The summed E-state index contributed by atoms with van der Waals surface area (Å²) >= 11 is 0. The van der Waals surface area contributed by atoms with E-state index in [-0.39, 0.29) is 36.2 Å². The van der Waals surface area contributed by atoms with Crippen molar-refractivity contribution < 1.29 is 46.7 Å². The Kier molecular flexibility index (Phi) is 14.8. The van der Waals surface area contributed by atoms with E-state index >= 15 is 0 Å². The first-order valence-electron chi connectivity index (χ1n) is 5.66. The van der Waals surface area contributed by atoms with Gasteiger partial charge in [0.15, 0.2) is 0 Å². The minimum Gasteiger partial charge on any atom is -0.726 e. The Labute approximate surface area is 121 Å². The topological polar surface area (TPSA) is 66.4 Å². The van der Waals surface area contributed by atoms with Gasteiger partial charge in [0.25, 0.3) is 0 Å². The van der Waals surface area contributed by atoms with E-state index in [4.69, 9.17) is 0 Å². The molecule has 0 aromatic carbocycles. The maximum atomic E-state index is 10.1. The van der Waals surface area contributed by atoms with Crippen molar-refractivity contribution in [1.29, 1.82) is 0 Å². The molecule has 0 amide bonds. The first kappa shape index (κ1) is 19.2. The predicted octanol–water partition coefficient (Wildman–Crippen LogP) is -0.392. The van der Waals surface area contributed by atoms with E-state index in [1.807, 2.05) is 0 Å². The van der Waals surface area contributed by atoms with Crippen LogP contribution in [0.2, 0.25) is 0 Å². The molecule has 0 heterocycles. The summed E-state index contributed by atoms with van der Waals surface area (Å²) in [5.41, 5.74) is 0. The first-order valence-corrected chi connectivity index (χ1v) is 7.00. The molecule has 0 bridgehead atoms. The van der Waals surface area contributed by atoms with Gasteiger partial charge in [-0.2, -0.15) is 0 Å². The normalized spacial score (nSPS) is 11.1. The molecule has 0 saturated carbocycles. The van der Waals surface area contributed by atoms with E-state index in [0.29, 0.717) is 6.42 Å². The zero-order valence-corrected chi connectivity index (χ0v) is 13.2. The van der Waals surface area contributed by atoms with Gasteiger partial charge in [0, 0.05) is 0 Å². The molecule has 16 heavy (non-hydrogen) atoms. The molecule has 0 fully saturated rings. The van der Waals surface area contributed by atoms with Gasteiger partial charge in [-0.1, -0.05) is 51.9 Å². The molecule has 0 aromatic rings. The van der Waals surface area contributed by atoms with Gasteiger partial charge in [0.2, 0.25) is 10.4 Å². The van der Waals surface area contributed by atoms with Crippen molar-refractivity contribution in [2.75, 3.05) is 6.61 Å². The second kappa shape index (κ2) is 12.3. The molecule has 6 heteroatoms. The molecular weight excluding hydrogens is 239 g/mol. The molecule has 92 valence electrons. The van der Waals surface area contributed by atoms with Crippen molar-refractivity contribution in [3.05, 3.63) is 0 Å². The van der Waals surface area contributed by atoms with Crippen LogP contribution in [0.3, 0.4) is 0 Å². The molecular formula is C10H21NaO4S. The summed E-state index contributed by atoms with van der Waals surface area (Å²) in [7, 11) is -4.48. The summed E-state index contributed by atoms with van der Waals surface area (Å²) < 4.78 is 34.3. The average molecular weight is 260 g/mol. The monoisotopic (exact) mass is 260 g/mol. The largest absolute Gasteiger partial charge is 1.00 e. The van der Waals surface area contributed by atoms with Crippen molar-refractivity contribution in [3.8, 4) is 0 Å². The Balaban J connectivity index is 0. The van der Waals surface area contributed by atoms with Crippen LogP contribution in [0.25, 0.3) is 0 Å². The molecule has 0 radical (unpaired) electrons. The van der Waals surface area contributed by atoms with Crippen LogP contribution in [0.4, 0.5) is 0 Å². The predicted molar refractivity (Wildman–Crippen MR) is 58.3 cm³/mol.